The molecule has 2 rings (SSSR count). The molecule has 0 unspecified atom stereocenters. The molecule has 0 radical (unpaired) electrons. The number of thiophene rings is 1. The van der Waals surface area contributed by atoms with Crippen molar-refractivity contribution in [1.82, 2.24) is 10.2 Å². The first-order valence-corrected chi connectivity index (χ1v) is 8.91. The molecular formula is C15H25BrN2S. The van der Waals surface area contributed by atoms with Crippen molar-refractivity contribution < 1.29 is 0 Å². The van der Waals surface area contributed by atoms with Crippen LogP contribution in [0.4, 0.5) is 0 Å². The monoisotopic (exact) mass is 344 g/mol. The van der Waals surface area contributed by atoms with Crippen molar-refractivity contribution in [1.29, 1.82) is 0 Å². The van der Waals surface area contributed by atoms with Gasteiger partial charge in [-0.2, -0.15) is 0 Å². The third kappa shape index (κ3) is 5.54. The fraction of sp³-hybridized carbons (Fsp3) is 0.733. The number of rotatable bonds is 6. The van der Waals surface area contributed by atoms with E-state index in [1.54, 1.807) is 0 Å². The van der Waals surface area contributed by atoms with Crippen LogP contribution in [-0.4, -0.2) is 31.1 Å². The van der Waals surface area contributed by atoms with E-state index in [2.05, 4.69) is 52.1 Å². The van der Waals surface area contributed by atoms with E-state index in [9.17, 15) is 0 Å². The summed E-state index contributed by atoms with van der Waals surface area (Å²) in [5.74, 6) is 1.64. The van der Waals surface area contributed by atoms with Gasteiger partial charge in [-0.15, -0.1) is 11.3 Å². The summed E-state index contributed by atoms with van der Waals surface area (Å²) < 4.78 is 1.25. The normalized spacial score (nSPS) is 18.3. The van der Waals surface area contributed by atoms with E-state index in [0.29, 0.717) is 0 Å². The van der Waals surface area contributed by atoms with Gasteiger partial charge in [0.25, 0.3) is 0 Å². The van der Waals surface area contributed by atoms with E-state index < -0.39 is 0 Å². The first-order chi connectivity index (χ1) is 9.13. The van der Waals surface area contributed by atoms with Crippen LogP contribution < -0.4 is 5.32 Å². The Balaban J connectivity index is 1.65. The summed E-state index contributed by atoms with van der Waals surface area (Å²) in [6, 6.07) is 4.40. The largest absolute Gasteiger partial charge is 0.316 e. The number of hydrogen-bond donors (Lipinski definition) is 1. The highest BCUT2D eigenvalue weighted by molar-refractivity contribution is 9.11. The number of halogens is 1. The molecule has 2 heterocycles. The highest BCUT2D eigenvalue weighted by atomic mass is 79.9. The number of likely N-dealkylation sites (tertiary alicyclic amines) is 1. The lowest BCUT2D eigenvalue weighted by Crippen LogP contribution is -2.37. The molecule has 0 amide bonds. The van der Waals surface area contributed by atoms with Crippen LogP contribution in [0, 0.1) is 11.8 Å². The Labute approximate surface area is 129 Å². The number of piperidine rings is 1. The summed E-state index contributed by atoms with van der Waals surface area (Å²) >= 11 is 5.40. The fourth-order valence-corrected chi connectivity index (χ4v) is 4.11. The Morgan fingerprint density at radius 3 is 2.68 bits per heavy atom. The molecule has 4 heteroatoms. The molecule has 108 valence electrons. The molecule has 0 bridgehead atoms. The van der Waals surface area contributed by atoms with Gasteiger partial charge in [-0.1, -0.05) is 13.8 Å². The van der Waals surface area contributed by atoms with E-state index in [1.165, 1.54) is 41.1 Å². The molecule has 1 aromatic rings. The zero-order valence-electron chi connectivity index (χ0n) is 12.0. The zero-order valence-corrected chi connectivity index (χ0v) is 14.4. The van der Waals surface area contributed by atoms with E-state index in [4.69, 9.17) is 0 Å². The van der Waals surface area contributed by atoms with Gasteiger partial charge in [0.15, 0.2) is 0 Å². The lowest BCUT2D eigenvalue weighted by Gasteiger charge is -2.31. The van der Waals surface area contributed by atoms with E-state index >= 15 is 0 Å². The average molecular weight is 345 g/mol. The summed E-state index contributed by atoms with van der Waals surface area (Å²) in [6.07, 6.45) is 2.69. The van der Waals surface area contributed by atoms with Gasteiger partial charge in [0, 0.05) is 11.4 Å². The Morgan fingerprint density at radius 2 is 2.11 bits per heavy atom. The molecule has 1 N–H and O–H groups in total. The second-order valence-electron chi connectivity index (χ2n) is 5.98. The topological polar surface area (TPSA) is 15.3 Å². The average Bonchev–Trinajstić information content (AvgIpc) is 2.77. The summed E-state index contributed by atoms with van der Waals surface area (Å²) in [7, 11) is 0. The van der Waals surface area contributed by atoms with Crippen molar-refractivity contribution in [2.75, 3.05) is 26.2 Å². The molecule has 0 saturated carbocycles. The first kappa shape index (κ1) is 15.5. The molecule has 0 aliphatic carbocycles. The van der Waals surface area contributed by atoms with Gasteiger partial charge in [0.2, 0.25) is 0 Å². The van der Waals surface area contributed by atoms with Crippen LogP contribution in [0.25, 0.3) is 0 Å². The van der Waals surface area contributed by atoms with E-state index in [0.717, 1.165) is 24.9 Å². The predicted octanol–water partition coefficient (Wildman–Crippen LogP) is 3.97. The van der Waals surface area contributed by atoms with Crippen molar-refractivity contribution >= 4 is 27.3 Å². The van der Waals surface area contributed by atoms with Crippen LogP contribution in [0.15, 0.2) is 15.9 Å². The van der Waals surface area contributed by atoms with Crippen LogP contribution in [0.5, 0.6) is 0 Å². The molecule has 1 aromatic heterocycles. The smallest absolute Gasteiger partial charge is 0.0701 e. The molecule has 0 spiro atoms. The summed E-state index contributed by atoms with van der Waals surface area (Å²) in [5, 5.41) is 3.60. The molecular weight excluding hydrogens is 320 g/mol. The van der Waals surface area contributed by atoms with Crippen molar-refractivity contribution in [3.8, 4) is 0 Å². The van der Waals surface area contributed by atoms with Crippen molar-refractivity contribution in [3.63, 3.8) is 0 Å². The van der Waals surface area contributed by atoms with Crippen molar-refractivity contribution in [3.05, 3.63) is 20.8 Å². The molecule has 19 heavy (non-hydrogen) atoms. The van der Waals surface area contributed by atoms with Crippen LogP contribution >= 0.6 is 27.3 Å². The van der Waals surface area contributed by atoms with E-state index in [-0.39, 0.29) is 0 Å². The second-order valence-corrected chi connectivity index (χ2v) is 8.53. The van der Waals surface area contributed by atoms with Gasteiger partial charge in [0.05, 0.1) is 3.79 Å². The lowest BCUT2D eigenvalue weighted by atomic mass is 9.96. The quantitative estimate of drug-likeness (QED) is 0.839. The van der Waals surface area contributed by atoms with Gasteiger partial charge in [0.1, 0.15) is 0 Å². The first-order valence-electron chi connectivity index (χ1n) is 7.30. The fourth-order valence-electron chi connectivity index (χ4n) is 2.58. The minimum Gasteiger partial charge on any atom is -0.316 e. The van der Waals surface area contributed by atoms with E-state index in [1.807, 2.05) is 11.3 Å². The zero-order chi connectivity index (χ0) is 13.7. The molecule has 0 aromatic carbocycles. The van der Waals surface area contributed by atoms with Gasteiger partial charge in [-0.05, 0) is 78.9 Å². The molecule has 0 atom stereocenters. The highest BCUT2D eigenvalue weighted by Crippen LogP contribution is 2.25. The molecule has 1 aliphatic heterocycles. The van der Waals surface area contributed by atoms with Crippen LogP contribution in [-0.2, 0) is 6.54 Å². The van der Waals surface area contributed by atoms with Crippen LogP contribution in [0.3, 0.4) is 0 Å². The Hall–Kier alpha value is 0.1000. The minimum atomic E-state index is 0.761. The Kier molecular flexibility index (Phi) is 6.33. The van der Waals surface area contributed by atoms with Crippen LogP contribution in [0.1, 0.15) is 31.6 Å². The Bertz CT molecular complexity index is 370. The van der Waals surface area contributed by atoms with Gasteiger partial charge in [-0.3, -0.25) is 4.90 Å². The summed E-state index contributed by atoms with van der Waals surface area (Å²) in [4.78, 5) is 4.07. The predicted molar refractivity (Wildman–Crippen MR) is 87.7 cm³/mol. The number of hydrogen-bond acceptors (Lipinski definition) is 3. The summed E-state index contributed by atoms with van der Waals surface area (Å²) in [6.45, 7) is 10.5. The summed E-state index contributed by atoms with van der Waals surface area (Å²) in [5.41, 5.74) is 0. The van der Waals surface area contributed by atoms with Gasteiger partial charge >= 0.3 is 0 Å². The Morgan fingerprint density at radius 1 is 1.37 bits per heavy atom. The lowest BCUT2D eigenvalue weighted by molar-refractivity contribution is 0.176. The molecule has 1 aliphatic rings. The maximum Gasteiger partial charge on any atom is 0.0701 e. The second kappa shape index (κ2) is 7.77. The number of nitrogens with one attached hydrogen (secondary N) is 1. The SMILES string of the molecule is CC(C)CNCC1CCN(Cc2ccc(Br)s2)CC1. The molecule has 1 fully saturated rings. The number of nitrogens with zero attached hydrogens (tertiary/aromatic N) is 1. The van der Waals surface area contributed by atoms with Gasteiger partial charge < -0.3 is 5.32 Å². The van der Waals surface area contributed by atoms with Crippen molar-refractivity contribution in [2.24, 2.45) is 11.8 Å². The standard InChI is InChI=1S/C15H25BrN2S/c1-12(2)9-17-10-13-5-7-18(8-6-13)11-14-3-4-15(16)19-14/h3-4,12-13,17H,5-11H2,1-2H3. The van der Waals surface area contributed by atoms with Crippen molar-refractivity contribution in [2.45, 2.75) is 33.2 Å². The minimum absolute atomic E-state index is 0.761. The van der Waals surface area contributed by atoms with Crippen LogP contribution in [0.2, 0.25) is 0 Å². The van der Waals surface area contributed by atoms with Gasteiger partial charge in [-0.25, -0.2) is 0 Å². The molecule has 1 saturated heterocycles. The third-order valence-electron chi connectivity index (χ3n) is 3.70. The third-order valence-corrected chi connectivity index (χ3v) is 5.31. The molecule has 2 nitrogen and oxygen atoms in total. The highest BCUT2D eigenvalue weighted by Gasteiger charge is 2.19. The maximum absolute atomic E-state index is 3.60. The maximum atomic E-state index is 3.60.